The van der Waals surface area contributed by atoms with Gasteiger partial charge in [-0.1, -0.05) is 23.2 Å². The Hall–Kier alpha value is -0.880. The van der Waals surface area contributed by atoms with Crippen LogP contribution in [0.15, 0.2) is 34.9 Å². The van der Waals surface area contributed by atoms with E-state index in [-0.39, 0.29) is 0 Å². The molecular formula is C12H6BrCl2N3S. The number of nitrogens with zero attached hydrogens (tertiary/aromatic N) is 2. The Balaban J connectivity index is 2.39. The van der Waals surface area contributed by atoms with Gasteiger partial charge in [-0.15, -0.1) is 0 Å². The van der Waals surface area contributed by atoms with E-state index < -0.39 is 0 Å². The first kappa shape index (κ1) is 13.1. The molecule has 3 aromatic rings. The Kier molecular flexibility index (Phi) is 3.39. The summed E-state index contributed by atoms with van der Waals surface area (Å²) in [5, 5.41) is 1.18. The van der Waals surface area contributed by atoms with Crippen LogP contribution < -0.4 is 0 Å². The van der Waals surface area contributed by atoms with Crippen molar-refractivity contribution in [2.24, 2.45) is 0 Å². The number of halogens is 3. The second kappa shape index (κ2) is 4.90. The third-order valence-corrected chi connectivity index (χ3v) is 4.04. The van der Waals surface area contributed by atoms with Gasteiger partial charge in [-0.25, -0.2) is 4.98 Å². The number of benzene rings is 1. The van der Waals surface area contributed by atoms with Crippen LogP contribution in [0.5, 0.6) is 0 Å². The Bertz CT molecular complexity index is 841. The van der Waals surface area contributed by atoms with E-state index in [1.165, 1.54) is 0 Å². The summed E-state index contributed by atoms with van der Waals surface area (Å²) < 4.78 is 3.23. The Morgan fingerprint density at radius 3 is 2.79 bits per heavy atom. The van der Waals surface area contributed by atoms with Gasteiger partial charge in [-0.2, -0.15) is 0 Å². The van der Waals surface area contributed by atoms with Crippen molar-refractivity contribution in [1.29, 1.82) is 0 Å². The number of nitrogens with one attached hydrogen (secondary N) is 1. The monoisotopic (exact) mass is 373 g/mol. The summed E-state index contributed by atoms with van der Waals surface area (Å²) in [7, 11) is 0. The zero-order valence-electron chi connectivity index (χ0n) is 9.32. The summed E-state index contributed by atoms with van der Waals surface area (Å²) in [5.41, 5.74) is 2.32. The molecule has 2 aromatic heterocycles. The lowest BCUT2D eigenvalue weighted by Gasteiger charge is -2.07. The molecule has 0 aliphatic carbocycles. The summed E-state index contributed by atoms with van der Waals surface area (Å²) in [4.78, 5) is 7.40. The number of fused-ring (bicyclic) bond motifs is 1. The van der Waals surface area contributed by atoms with Crippen molar-refractivity contribution in [3.8, 4) is 5.69 Å². The predicted octanol–water partition coefficient (Wildman–Crippen LogP) is 5.15. The molecule has 0 unspecified atom stereocenters. The molecule has 0 radical (unpaired) electrons. The Morgan fingerprint density at radius 1 is 1.21 bits per heavy atom. The third kappa shape index (κ3) is 2.31. The third-order valence-electron chi connectivity index (χ3n) is 2.64. The van der Waals surface area contributed by atoms with Crippen molar-refractivity contribution in [1.82, 2.24) is 14.5 Å². The number of aromatic amines is 1. The Morgan fingerprint density at radius 2 is 2.00 bits per heavy atom. The largest absolute Gasteiger partial charge is 0.329 e. The average molecular weight is 375 g/mol. The number of imidazole rings is 1. The van der Waals surface area contributed by atoms with Gasteiger partial charge in [0.25, 0.3) is 0 Å². The molecule has 2 heterocycles. The zero-order valence-corrected chi connectivity index (χ0v) is 13.2. The normalized spacial score (nSPS) is 11.1. The van der Waals surface area contributed by atoms with Crippen LogP contribution in [0.2, 0.25) is 10.0 Å². The Labute approximate surface area is 132 Å². The molecule has 0 fully saturated rings. The minimum Gasteiger partial charge on any atom is -0.329 e. The highest BCUT2D eigenvalue weighted by Gasteiger charge is 2.11. The number of rotatable bonds is 1. The average Bonchev–Trinajstić information content (AvgIpc) is 2.67. The molecule has 0 spiro atoms. The molecule has 1 N–H and O–H groups in total. The van der Waals surface area contributed by atoms with Crippen LogP contribution in [0.1, 0.15) is 0 Å². The molecule has 0 saturated carbocycles. The van der Waals surface area contributed by atoms with Gasteiger partial charge in [-0.3, -0.25) is 4.57 Å². The zero-order chi connectivity index (χ0) is 13.6. The van der Waals surface area contributed by atoms with Gasteiger partial charge in [0.05, 0.1) is 16.2 Å². The van der Waals surface area contributed by atoms with E-state index in [1.54, 1.807) is 18.3 Å². The first-order valence-corrected chi connectivity index (χ1v) is 7.23. The molecule has 0 aliphatic rings. The molecule has 19 heavy (non-hydrogen) atoms. The second-order valence-electron chi connectivity index (χ2n) is 3.89. The molecule has 0 amide bonds. The molecule has 1 aromatic carbocycles. The minimum absolute atomic E-state index is 0.535. The first-order valence-electron chi connectivity index (χ1n) is 5.28. The fourth-order valence-corrected chi connectivity index (χ4v) is 2.89. The lowest BCUT2D eigenvalue weighted by Crippen LogP contribution is -1.96. The molecule has 0 aliphatic heterocycles. The second-order valence-corrected chi connectivity index (χ2v) is 6.00. The summed E-state index contributed by atoms with van der Waals surface area (Å²) in [5.74, 6) is 0. The molecule has 7 heteroatoms. The van der Waals surface area contributed by atoms with Gasteiger partial charge in [0, 0.05) is 15.7 Å². The SMILES string of the molecule is S=c1[nH]c2cc(Cl)cnc2n1-c1cc(Cl)ccc1Br. The predicted molar refractivity (Wildman–Crippen MR) is 84.0 cm³/mol. The highest BCUT2D eigenvalue weighted by atomic mass is 79.9. The maximum atomic E-state index is 6.04. The number of hydrogen-bond acceptors (Lipinski definition) is 2. The first-order chi connectivity index (χ1) is 9.06. The number of H-pyrrole nitrogens is 1. The fourth-order valence-electron chi connectivity index (χ4n) is 1.85. The van der Waals surface area contributed by atoms with Crippen molar-refractivity contribution in [2.45, 2.75) is 0 Å². The highest BCUT2D eigenvalue weighted by molar-refractivity contribution is 9.10. The van der Waals surface area contributed by atoms with E-state index in [4.69, 9.17) is 35.4 Å². The van der Waals surface area contributed by atoms with Crippen molar-refractivity contribution in [2.75, 3.05) is 0 Å². The smallest absolute Gasteiger partial charge is 0.184 e. The maximum absolute atomic E-state index is 6.04. The maximum Gasteiger partial charge on any atom is 0.184 e. The molecule has 0 saturated heterocycles. The molecule has 3 nitrogen and oxygen atoms in total. The van der Waals surface area contributed by atoms with Crippen LogP contribution in [0.3, 0.4) is 0 Å². The minimum atomic E-state index is 0.535. The lowest BCUT2D eigenvalue weighted by atomic mass is 10.3. The van der Waals surface area contributed by atoms with E-state index in [0.717, 1.165) is 15.7 Å². The van der Waals surface area contributed by atoms with E-state index in [9.17, 15) is 0 Å². The van der Waals surface area contributed by atoms with Crippen LogP contribution in [0.4, 0.5) is 0 Å². The van der Waals surface area contributed by atoms with Crippen LogP contribution >= 0.6 is 51.3 Å². The molecule has 0 atom stereocenters. The van der Waals surface area contributed by atoms with E-state index >= 15 is 0 Å². The van der Waals surface area contributed by atoms with Gasteiger partial charge in [-0.05, 0) is 52.4 Å². The van der Waals surface area contributed by atoms with Crippen molar-refractivity contribution >= 4 is 62.5 Å². The van der Waals surface area contributed by atoms with Crippen LogP contribution in [0, 0.1) is 4.77 Å². The highest BCUT2D eigenvalue weighted by Crippen LogP contribution is 2.28. The van der Waals surface area contributed by atoms with Crippen molar-refractivity contribution < 1.29 is 0 Å². The summed E-state index contributed by atoms with van der Waals surface area (Å²) >= 11 is 20.8. The van der Waals surface area contributed by atoms with Crippen LogP contribution in [0.25, 0.3) is 16.9 Å². The van der Waals surface area contributed by atoms with E-state index in [0.29, 0.717) is 20.5 Å². The number of aromatic nitrogens is 3. The van der Waals surface area contributed by atoms with E-state index in [1.807, 2.05) is 16.7 Å². The molecule has 3 rings (SSSR count). The van der Waals surface area contributed by atoms with Gasteiger partial charge >= 0.3 is 0 Å². The molecule has 96 valence electrons. The number of pyridine rings is 1. The summed E-state index contributed by atoms with van der Waals surface area (Å²) in [6.07, 6.45) is 1.58. The fraction of sp³-hybridized carbons (Fsp3) is 0. The van der Waals surface area contributed by atoms with Gasteiger partial charge in [0.15, 0.2) is 10.4 Å². The van der Waals surface area contributed by atoms with Crippen molar-refractivity contribution in [3.63, 3.8) is 0 Å². The van der Waals surface area contributed by atoms with E-state index in [2.05, 4.69) is 25.9 Å². The molecular weight excluding hydrogens is 369 g/mol. The van der Waals surface area contributed by atoms with Gasteiger partial charge in [0.1, 0.15) is 0 Å². The summed E-state index contributed by atoms with van der Waals surface area (Å²) in [6.45, 7) is 0. The molecule has 0 bridgehead atoms. The lowest BCUT2D eigenvalue weighted by molar-refractivity contribution is 1.04. The topological polar surface area (TPSA) is 33.6 Å². The quantitative estimate of drug-likeness (QED) is 0.597. The van der Waals surface area contributed by atoms with Crippen LogP contribution in [-0.2, 0) is 0 Å². The van der Waals surface area contributed by atoms with Gasteiger partial charge < -0.3 is 4.98 Å². The van der Waals surface area contributed by atoms with Crippen molar-refractivity contribution in [3.05, 3.63) is 49.8 Å². The number of hydrogen-bond donors (Lipinski definition) is 1. The van der Waals surface area contributed by atoms with Crippen LogP contribution in [-0.4, -0.2) is 14.5 Å². The summed E-state index contributed by atoms with van der Waals surface area (Å²) in [6, 6.07) is 7.28. The standard InChI is InChI=1S/C12H6BrCl2N3S/c13-8-2-1-6(14)4-10(8)18-11-9(17-12(18)19)3-7(15)5-16-11/h1-5H,(H,17,19). The van der Waals surface area contributed by atoms with Gasteiger partial charge in [0.2, 0.25) is 0 Å².